The van der Waals surface area contributed by atoms with E-state index in [4.69, 9.17) is 4.74 Å². The number of amides is 1. The highest BCUT2D eigenvalue weighted by molar-refractivity contribution is 5.95. The number of aromatic nitrogens is 1. The summed E-state index contributed by atoms with van der Waals surface area (Å²) in [6.45, 7) is 11.0. The highest BCUT2D eigenvalue weighted by atomic mass is 16.5. The number of ether oxygens (including phenoxy) is 1. The number of carbonyl (C=O) groups is 1. The molecule has 1 N–H and O–H groups in total. The number of methoxy groups -OCH3 is 1. The number of carbonyl (C=O) groups excluding carboxylic acids is 1. The minimum absolute atomic E-state index is 0.184. The fourth-order valence-corrected chi connectivity index (χ4v) is 3.34. The van der Waals surface area contributed by atoms with Gasteiger partial charge in [-0.05, 0) is 49.8 Å². The van der Waals surface area contributed by atoms with Crippen molar-refractivity contribution in [1.29, 1.82) is 0 Å². The van der Waals surface area contributed by atoms with Crippen molar-refractivity contribution < 1.29 is 9.53 Å². The first-order valence-electron chi connectivity index (χ1n) is 9.62. The molecule has 0 aliphatic carbocycles. The van der Waals surface area contributed by atoms with Crippen molar-refractivity contribution >= 4 is 5.91 Å². The standard InChI is InChI=1S/C20H33N3O3/c1-15(2)5-9-23-10-6-16(3)18(20(23)25)19(24)21-13-17-7-8-22(14-17)11-12-26-4/h6,10,15,17H,5,7-9,11-14H2,1-4H3,(H,21,24). The zero-order valence-electron chi connectivity index (χ0n) is 16.6. The number of aryl methyl sites for hydroxylation is 2. The van der Waals surface area contributed by atoms with E-state index in [-0.39, 0.29) is 17.0 Å². The van der Waals surface area contributed by atoms with Gasteiger partial charge in [-0.3, -0.25) is 9.59 Å². The van der Waals surface area contributed by atoms with Crippen molar-refractivity contribution in [2.45, 2.75) is 40.2 Å². The summed E-state index contributed by atoms with van der Waals surface area (Å²) in [6, 6.07) is 1.86. The molecule has 0 bridgehead atoms. The summed E-state index contributed by atoms with van der Waals surface area (Å²) in [4.78, 5) is 27.7. The van der Waals surface area contributed by atoms with Crippen LogP contribution < -0.4 is 10.9 Å². The number of hydrogen-bond donors (Lipinski definition) is 1. The largest absolute Gasteiger partial charge is 0.383 e. The van der Waals surface area contributed by atoms with Gasteiger partial charge in [-0.2, -0.15) is 0 Å². The van der Waals surface area contributed by atoms with Gasteiger partial charge in [-0.25, -0.2) is 0 Å². The van der Waals surface area contributed by atoms with Crippen LogP contribution in [0, 0.1) is 18.8 Å². The highest BCUT2D eigenvalue weighted by Crippen LogP contribution is 2.15. The molecule has 1 unspecified atom stereocenters. The molecule has 0 saturated carbocycles. The molecule has 1 atom stereocenters. The molecule has 1 amide bonds. The first-order valence-corrected chi connectivity index (χ1v) is 9.62. The molecule has 1 aliphatic heterocycles. The average molecular weight is 364 g/mol. The zero-order valence-corrected chi connectivity index (χ0v) is 16.6. The Labute approximate surface area is 156 Å². The fourth-order valence-electron chi connectivity index (χ4n) is 3.34. The van der Waals surface area contributed by atoms with E-state index in [2.05, 4.69) is 24.1 Å². The zero-order chi connectivity index (χ0) is 19.1. The number of nitrogens with one attached hydrogen (secondary N) is 1. The van der Waals surface area contributed by atoms with Crippen LogP contribution in [0.1, 0.15) is 42.6 Å². The molecule has 2 heterocycles. The van der Waals surface area contributed by atoms with E-state index < -0.39 is 0 Å². The molecule has 0 aromatic carbocycles. The number of likely N-dealkylation sites (tertiary alicyclic amines) is 1. The van der Waals surface area contributed by atoms with E-state index in [0.29, 0.717) is 24.9 Å². The smallest absolute Gasteiger partial charge is 0.263 e. The molecule has 6 nitrogen and oxygen atoms in total. The molecule has 26 heavy (non-hydrogen) atoms. The molecular formula is C20H33N3O3. The van der Waals surface area contributed by atoms with Crippen molar-refractivity contribution in [2.24, 2.45) is 11.8 Å². The van der Waals surface area contributed by atoms with Crippen LogP contribution in [0.5, 0.6) is 0 Å². The minimum atomic E-state index is -0.248. The second kappa shape index (κ2) is 9.88. The highest BCUT2D eigenvalue weighted by Gasteiger charge is 2.23. The van der Waals surface area contributed by atoms with Crippen LogP contribution in [-0.4, -0.2) is 55.3 Å². The maximum atomic E-state index is 12.7. The summed E-state index contributed by atoms with van der Waals surface area (Å²) in [5.41, 5.74) is 0.836. The molecule has 2 rings (SSSR count). The lowest BCUT2D eigenvalue weighted by Crippen LogP contribution is -2.37. The van der Waals surface area contributed by atoms with Gasteiger partial charge < -0.3 is 19.5 Å². The summed E-state index contributed by atoms with van der Waals surface area (Å²) in [7, 11) is 1.71. The SMILES string of the molecule is COCCN1CCC(CNC(=O)c2c(C)ccn(CCC(C)C)c2=O)C1. The second-order valence-electron chi connectivity index (χ2n) is 7.71. The number of rotatable bonds is 9. The Kier molecular flexibility index (Phi) is 7.85. The molecule has 6 heteroatoms. The Balaban J connectivity index is 1.95. The van der Waals surface area contributed by atoms with Crippen LogP contribution in [0.2, 0.25) is 0 Å². The molecule has 1 aromatic rings. The Hall–Kier alpha value is -1.66. The first-order chi connectivity index (χ1) is 12.4. The lowest BCUT2D eigenvalue weighted by molar-refractivity contribution is 0.0944. The normalized spacial score (nSPS) is 17.8. The number of pyridine rings is 1. The van der Waals surface area contributed by atoms with E-state index in [1.165, 1.54) is 0 Å². The van der Waals surface area contributed by atoms with Gasteiger partial charge in [-0.15, -0.1) is 0 Å². The maximum absolute atomic E-state index is 12.7. The summed E-state index contributed by atoms with van der Waals surface area (Å²) < 4.78 is 6.78. The lowest BCUT2D eigenvalue weighted by Gasteiger charge is -2.16. The first kappa shape index (κ1) is 20.6. The van der Waals surface area contributed by atoms with Crippen LogP contribution in [0.4, 0.5) is 0 Å². The monoisotopic (exact) mass is 363 g/mol. The van der Waals surface area contributed by atoms with Gasteiger partial charge in [0.1, 0.15) is 5.56 Å². The summed E-state index contributed by atoms with van der Waals surface area (Å²) in [5.74, 6) is 0.702. The van der Waals surface area contributed by atoms with Crippen molar-refractivity contribution in [1.82, 2.24) is 14.8 Å². The molecule has 1 aliphatic rings. The van der Waals surface area contributed by atoms with Gasteiger partial charge in [0, 0.05) is 39.5 Å². The topological polar surface area (TPSA) is 63.6 Å². The molecule has 0 spiro atoms. The molecule has 1 saturated heterocycles. The van der Waals surface area contributed by atoms with Gasteiger partial charge in [0.15, 0.2) is 0 Å². The van der Waals surface area contributed by atoms with Crippen molar-refractivity contribution in [3.63, 3.8) is 0 Å². The summed E-state index contributed by atoms with van der Waals surface area (Å²) in [6.07, 6.45) is 3.78. The number of nitrogens with zero attached hydrogens (tertiary/aromatic N) is 2. The molecular weight excluding hydrogens is 330 g/mol. The third kappa shape index (κ3) is 5.68. The Morgan fingerprint density at radius 3 is 2.85 bits per heavy atom. The quantitative estimate of drug-likeness (QED) is 0.728. The van der Waals surface area contributed by atoms with Crippen molar-refractivity contribution in [3.05, 3.63) is 33.7 Å². The predicted octanol–water partition coefficient (Wildman–Crippen LogP) is 1.90. The van der Waals surface area contributed by atoms with Gasteiger partial charge in [-0.1, -0.05) is 13.8 Å². The Bertz CT molecular complexity index is 654. The van der Waals surface area contributed by atoms with Crippen LogP contribution in [0.25, 0.3) is 0 Å². The van der Waals surface area contributed by atoms with E-state index in [1.54, 1.807) is 17.9 Å². The van der Waals surface area contributed by atoms with Crippen molar-refractivity contribution in [3.8, 4) is 0 Å². The third-order valence-corrected chi connectivity index (χ3v) is 5.08. The van der Waals surface area contributed by atoms with Crippen LogP contribution >= 0.6 is 0 Å². The lowest BCUT2D eigenvalue weighted by atomic mass is 10.1. The van der Waals surface area contributed by atoms with Crippen LogP contribution in [0.3, 0.4) is 0 Å². The van der Waals surface area contributed by atoms with E-state index in [9.17, 15) is 9.59 Å². The second-order valence-corrected chi connectivity index (χ2v) is 7.71. The Morgan fingerprint density at radius 2 is 2.15 bits per heavy atom. The van der Waals surface area contributed by atoms with Crippen LogP contribution in [-0.2, 0) is 11.3 Å². The van der Waals surface area contributed by atoms with Crippen LogP contribution in [0.15, 0.2) is 17.1 Å². The van der Waals surface area contributed by atoms with E-state index >= 15 is 0 Å². The summed E-state index contributed by atoms with van der Waals surface area (Å²) in [5, 5.41) is 2.98. The molecule has 0 radical (unpaired) electrons. The van der Waals surface area contributed by atoms with Gasteiger partial charge in [0.2, 0.25) is 0 Å². The third-order valence-electron chi connectivity index (χ3n) is 5.08. The molecule has 146 valence electrons. The number of hydrogen-bond acceptors (Lipinski definition) is 4. The Morgan fingerprint density at radius 1 is 1.38 bits per heavy atom. The minimum Gasteiger partial charge on any atom is -0.383 e. The maximum Gasteiger partial charge on any atom is 0.263 e. The average Bonchev–Trinajstić information content (AvgIpc) is 3.05. The van der Waals surface area contributed by atoms with E-state index in [1.807, 2.05) is 13.0 Å². The molecule has 1 aromatic heterocycles. The fraction of sp³-hybridized carbons (Fsp3) is 0.700. The van der Waals surface area contributed by atoms with Crippen molar-refractivity contribution in [2.75, 3.05) is 39.9 Å². The molecule has 1 fully saturated rings. The summed E-state index contributed by atoms with van der Waals surface area (Å²) >= 11 is 0. The predicted molar refractivity (Wildman–Crippen MR) is 104 cm³/mol. The van der Waals surface area contributed by atoms with Gasteiger partial charge in [0.25, 0.3) is 11.5 Å². The van der Waals surface area contributed by atoms with Gasteiger partial charge in [0.05, 0.1) is 6.61 Å². The van der Waals surface area contributed by atoms with E-state index in [0.717, 1.165) is 44.6 Å². The van der Waals surface area contributed by atoms with Gasteiger partial charge >= 0.3 is 0 Å².